The molecule has 2 N–H and O–H groups in total. The summed E-state index contributed by atoms with van der Waals surface area (Å²) in [5.41, 5.74) is -0.174. The van der Waals surface area contributed by atoms with Crippen LogP contribution in [0.25, 0.3) is 0 Å². The van der Waals surface area contributed by atoms with Gasteiger partial charge in [-0.1, -0.05) is 11.6 Å². The van der Waals surface area contributed by atoms with Gasteiger partial charge in [-0.2, -0.15) is 13.2 Å². The maximum atomic E-state index is 12.7. The van der Waals surface area contributed by atoms with Gasteiger partial charge in [0.1, 0.15) is 5.82 Å². The molecule has 1 aromatic carbocycles. The summed E-state index contributed by atoms with van der Waals surface area (Å²) in [6, 6.07) is 2.84. The maximum absolute atomic E-state index is 12.7. The van der Waals surface area contributed by atoms with Crippen molar-refractivity contribution < 1.29 is 27.5 Å². The lowest BCUT2D eigenvalue weighted by molar-refractivity contribution is -0.201. The Hall–Kier alpha value is -1.34. The van der Waals surface area contributed by atoms with Crippen molar-refractivity contribution >= 4 is 17.5 Å². The van der Waals surface area contributed by atoms with E-state index in [2.05, 4.69) is 0 Å². The Morgan fingerprint density at radius 2 is 2.06 bits per heavy atom. The minimum Gasteiger partial charge on any atom is -0.382 e. The lowest BCUT2D eigenvalue weighted by Crippen LogP contribution is -2.40. The third-order valence-corrected chi connectivity index (χ3v) is 2.32. The van der Waals surface area contributed by atoms with Crippen molar-refractivity contribution in [1.82, 2.24) is 5.32 Å². The van der Waals surface area contributed by atoms with Crippen LogP contribution in [0.2, 0.25) is 5.02 Å². The molecule has 0 spiro atoms. The predicted octanol–water partition coefficient (Wildman–Crippen LogP) is 2.13. The van der Waals surface area contributed by atoms with E-state index in [0.29, 0.717) is 0 Å². The van der Waals surface area contributed by atoms with Gasteiger partial charge in [0.05, 0.1) is 17.1 Å². The van der Waals surface area contributed by atoms with Gasteiger partial charge in [-0.25, -0.2) is 4.39 Å². The fourth-order valence-electron chi connectivity index (χ4n) is 1.07. The minimum atomic E-state index is -4.82. The first kappa shape index (κ1) is 14.7. The molecule has 0 radical (unpaired) electrons. The molecule has 0 saturated carbocycles. The van der Waals surface area contributed by atoms with Crippen molar-refractivity contribution in [2.75, 3.05) is 6.54 Å². The highest BCUT2D eigenvalue weighted by molar-refractivity contribution is 6.33. The molecule has 0 aliphatic rings. The lowest BCUT2D eigenvalue weighted by atomic mass is 10.2. The molecular formula is C10H8ClF4NO2. The Balaban J connectivity index is 2.66. The van der Waals surface area contributed by atoms with Crippen molar-refractivity contribution in [2.45, 2.75) is 12.3 Å². The molecule has 0 heterocycles. The average Bonchev–Trinajstić information content (AvgIpc) is 2.24. The first-order chi connectivity index (χ1) is 8.21. The number of rotatable bonds is 3. The third-order valence-electron chi connectivity index (χ3n) is 2.01. The van der Waals surface area contributed by atoms with E-state index >= 15 is 0 Å². The zero-order valence-electron chi connectivity index (χ0n) is 8.76. The SMILES string of the molecule is O=C(NCC(O)C(F)(F)F)c1ccc(F)cc1Cl. The monoisotopic (exact) mass is 285 g/mol. The van der Waals surface area contributed by atoms with Gasteiger partial charge in [0.15, 0.2) is 6.10 Å². The van der Waals surface area contributed by atoms with Gasteiger partial charge in [-0.15, -0.1) is 0 Å². The first-order valence-corrected chi connectivity index (χ1v) is 5.07. The van der Waals surface area contributed by atoms with Gasteiger partial charge >= 0.3 is 6.18 Å². The average molecular weight is 286 g/mol. The summed E-state index contributed by atoms with van der Waals surface area (Å²) in [4.78, 5) is 11.4. The normalized spacial score (nSPS) is 13.2. The largest absolute Gasteiger partial charge is 0.416 e. The summed E-state index contributed by atoms with van der Waals surface area (Å²) in [6.07, 6.45) is -7.49. The molecule has 1 unspecified atom stereocenters. The van der Waals surface area contributed by atoms with Crippen molar-refractivity contribution in [3.05, 3.63) is 34.6 Å². The summed E-state index contributed by atoms with van der Waals surface area (Å²) >= 11 is 5.54. The highest BCUT2D eigenvalue weighted by Gasteiger charge is 2.38. The Morgan fingerprint density at radius 1 is 1.44 bits per heavy atom. The molecule has 1 rings (SSSR count). The Kier molecular flexibility index (Phi) is 4.53. The highest BCUT2D eigenvalue weighted by Crippen LogP contribution is 2.20. The topological polar surface area (TPSA) is 49.3 Å². The fraction of sp³-hybridized carbons (Fsp3) is 0.300. The number of nitrogens with one attached hydrogen (secondary N) is 1. The predicted molar refractivity (Wildman–Crippen MR) is 55.8 cm³/mol. The molecule has 0 fully saturated rings. The van der Waals surface area contributed by atoms with Crippen LogP contribution in [0.15, 0.2) is 18.2 Å². The molecule has 100 valence electrons. The number of hydrogen-bond donors (Lipinski definition) is 2. The van der Waals surface area contributed by atoms with Crippen LogP contribution in [-0.4, -0.2) is 29.8 Å². The van der Waals surface area contributed by atoms with Gasteiger partial charge in [0.25, 0.3) is 5.91 Å². The second-order valence-corrected chi connectivity index (χ2v) is 3.80. The first-order valence-electron chi connectivity index (χ1n) is 4.70. The van der Waals surface area contributed by atoms with E-state index in [1.54, 1.807) is 0 Å². The zero-order chi connectivity index (χ0) is 13.9. The Labute approximate surface area is 104 Å². The maximum Gasteiger partial charge on any atom is 0.416 e. The smallest absolute Gasteiger partial charge is 0.382 e. The molecule has 8 heteroatoms. The molecule has 0 aliphatic heterocycles. The number of carbonyl (C=O) groups is 1. The van der Waals surface area contributed by atoms with E-state index in [-0.39, 0.29) is 10.6 Å². The minimum absolute atomic E-state index is 0.174. The second kappa shape index (κ2) is 5.53. The number of benzene rings is 1. The van der Waals surface area contributed by atoms with Gasteiger partial charge in [0, 0.05) is 0 Å². The van der Waals surface area contributed by atoms with Crippen molar-refractivity contribution in [2.24, 2.45) is 0 Å². The van der Waals surface area contributed by atoms with Crippen LogP contribution in [0.5, 0.6) is 0 Å². The highest BCUT2D eigenvalue weighted by atomic mass is 35.5. The van der Waals surface area contributed by atoms with Crippen molar-refractivity contribution in [3.8, 4) is 0 Å². The summed E-state index contributed by atoms with van der Waals surface area (Å²) in [5.74, 6) is -1.60. The van der Waals surface area contributed by atoms with Gasteiger partial charge in [0.2, 0.25) is 0 Å². The molecule has 0 saturated heterocycles. The van der Waals surface area contributed by atoms with Crippen LogP contribution in [-0.2, 0) is 0 Å². The molecule has 1 aromatic rings. The summed E-state index contributed by atoms with van der Waals surface area (Å²) in [5, 5.41) is 10.3. The number of aliphatic hydroxyl groups excluding tert-OH is 1. The fourth-order valence-corrected chi connectivity index (χ4v) is 1.33. The van der Waals surface area contributed by atoms with Crippen LogP contribution in [0.1, 0.15) is 10.4 Å². The third kappa shape index (κ3) is 3.85. The van der Waals surface area contributed by atoms with E-state index in [9.17, 15) is 22.4 Å². The van der Waals surface area contributed by atoms with Crippen LogP contribution in [0.4, 0.5) is 17.6 Å². The van der Waals surface area contributed by atoms with Crippen LogP contribution >= 0.6 is 11.6 Å². The quantitative estimate of drug-likeness (QED) is 0.836. The second-order valence-electron chi connectivity index (χ2n) is 3.39. The number of alkyl halides is 3. The van der Waals surface area contributed by atoms with Gasteiger partial charge in [-0.3, -0.25) is 4.79 Å². The van der Waals surface area contributed by atoms with E-state index in [1.807, 2.05) is 5.32 Å². The molecule has 0 aromatic heterocycles. The molecule has 3 nitrogen and oxygen atoms in total. The van der Waals surface area contributed by atoms with Crippen molar-refractivity contribution in [1.29, 1.82) is 0 Å². The Morgan fingerprint density at radius 3 is 2.56 bits per heavy atom. The standard InChI is InChI=1S/C10H8ClF4NO2/c11-7-3-5(12)1-2-6(7)9(18)16-4-8(17)10(13,14)15/h1-3,8,17H,4H2,(H,16,18). The Bertz CT molecular complexity index is 450. The molecule has 0 aliphatic carbocycles. The zero-order valence-corrected chi connectivity index (χ0v) is 9.52. The number of carbonyl (C=O) groups excluding carboxylic acids is 1. The molecular weight excluding hydrogens is 278 g/mol. The molecule has 1 amide bonds. The summed E-state index contributed by atoms with van der Waals surface area (Å²) in [6.45, 7) is -1.00. The van der Waals surface area contributed by atoms with Gasteiger partial charge in [-0.05, 0) is 18.2 Å². The van der Waals surface area contributed by atoms with Crippen LogP contribution in [0.3, 0.4) is 0 Å². The number of amides is 1. The van der Waals surface area contributed by atoms with Gasteiger partial charge < -0.3 is 10.4 Å². The molecule has 0 bridgehead atoms. The lowest BCUT2D eigenvalue weighted by Gasteiger charge is -2.15. The molecule has 18 heavy (non-hydrogen) atoms. The van der Waals surface area contributed by atoms with E-state index in [1.165, 1.54) is 0 Å². The van der Waals surface area contributed by atoms with Crippen LogP contribution in [0, 0.1) is 5.82 Å². The van der Waals surface area contributed by atoms with Crippen molar-refractivity contribution in [3.63, 3.8) is 0 Å². The summed E-state index contributed by atoms with van der Waals surface area (Å²) < 4.78 is 48.5. The number of hydrogen-bond acceptors (Lipinski definition) is 2. The van der Waals surface area contributed by atoms with E-state index in [0.717, 1.165) is 18.2 Å². The summed E-state index contributed by atoms with van der Waals surface area (Å²) in [7, 11) is 0. The number of halogens is 5. The van der Waals surface area contributed by atoms with E-state index < -0.39 is 30.5 Å². The molecule has 1 atom stereocenters. The van der Waals surface area contributed by atoms with E-state index in [4.69, 9.17) is 16.7 Å². The van der Waals surface area contributed by atoms with Crippen LogP contribution < -0.4 is 5.32 Å². The number of aliphatic hydroxyl groups is 1.